The molecule has 2 N–H and O–H groups in total. The minimum Gasteiger partial charge on any atom is -0.394 e. The van der Waals surface area contributed by atoms with Crippen LogP contribution in [-0.4, -0.2) is 18.3 Å². The Hall–Kier alpha value is -0.860. The Morgan fingerprint density at radius 1 is 1.36 bits per heavy atom. The topological polar surface area (TPSA) is 32.3 Å². The van der Waals surface area contributed by atoms with Crippen molar-refractivity contribution in [1.82, 2.24) is 5.32 Å². The molecule has 0 spiro atoms. The molecule has 2 rings (SSSR count). The Morgan fingerprint density at radius 2 is 2.07 bits per heavy atom. The lowest BCUT2D eigenvalue weighted by Gasteiger charge is -2.28. The molecule has 0 saturated heterocycles. The van der Waals surface area contributed by atoms with Gasteiger partial charge in [-0.1, -0.05) is 12.1 Å². The molecular weight excluding hydrogens is 174 g/mol. The predicted molar refractivity (Wildman–Crippen MR) is 57.4 cm³/mol. The number of benzene rings is 1. The van der Waals surface area contributed by atoms with Crippen molar-refractivity contribution in [2.45, 2.75) is 26.3 Å². The highest BCUT2D eigenvalue weighted by Crippen LogP contribution is 2.28. The third-order valence-corrected chi connectivity index (χ3v) is 3.11. The Balaban J connectivity index is 2.55. The van der Waals surface area contributed by atoms with Gasteiger partial charge in [-0.3, -0.25) is 0 Å². The van der Waals surface area contributed by atoms with Crippen molar-refractivity contribution in [1.29, 1.82) is 0 Å². The molecule has 0 bridgehead atoms. The second-order valence-electron chi connectivity index (χ2n) is 4.03. The van der Waals surface area contributed by atoms with Crippen LogP contribution < -0.4 is 5.32 Å². The molecule has 1 atom stereocenters. The highest BCUT2D eigenvalue weighted by Gasteiger charge is 2.21. The van der Waals surface area contributed by atoms with Crippen molar-refractivity contribution in [3.8, 4) is 0 Å². The van der Waals surface area contributed by atoms with Gasteiger partial charge in [-0.25, -0.2) is 0 Å². The van der Waals surface area contributed by atoms with Gasteiger partial charge in [0.15, 0.2) is 0 Å². The highest BCUT2D eigenvalue weighted by molar-refractivity contribution is 5.43. The van der Waals surface area contributed by atoms with E-state index in [2.05, 4.69) is 31.3 Å². The number of nitrogens with one attached hydrogen (secondary N) is 1. The maximum absolute atomic E-state index is 9.29. The molecule has 1 heterocycles. The number of fused-ring (bicyclic) bond motifs is 1. The molecule has 0 aromatic heterocycles. The molecule has 0 aliphatic carbocycles. The van der Waals surface area contributed by atoms with E-state index >= 15 is 0 Å². The summed E-state index contributed by atoms with van der Waals surface area (Å²) in [6.07, 6.45) is 1.08. The summed E-state index contributed by atoms with van der Waals surface area (Å²) < 4.78 is 0. The number of hydrogen-bond donors (Lipinski definition) is 2. The fraction of sp³-hybridized carbons (Fsp3) is 0.500. The lowest BCUT2D eigenvalue weighted by molar-refractivity contribution is 0.239. The van der Waals surface area contributed by atoms with Crippen molar-refractivity contribution in [2.24, 2.45) is 0 Å². The van der Waals surface area contributed by atoms with Crippen LogP contribution in [0.4, 0.5) is 0 Å². The first-order valence-electron chi connectivity index (χ1n) is 5.17. The van der Waals surface area contributed by atoms with Crippen molar-refractivity contribution >= 4 is 0 Å². The van der Waals surface area contributed by atoms with Crippen LogP contribution in [0.5, 0.6) is 0 Å². The average Bonchev–Trinajstić information content (AvgIpc) is 2.23. The third-order valence-electron chi connectivity index (χ3n) is 3.11. The molecule has 2 nitrogen and oxygen atoms in total. The quantitative estimate of drug-likeness (QED) is 0.704. The van der Waals surface area contributed by atoms with Gasteiger partial charge in [-0.2, -0.15) is 0 Å². The Kier molecular flexibility index (Phi) is 2.57. The zero-order valence-corrected chi connectivity index (χ0v) is 8.80. The van der Waals surface area contributed by atoms with Crippen molar-refractivity contribution in [3.05, 3.63) is 34.4 Å². The van der Waals surface area contributed by atoms with Gasteiger partial charge in [0.05, 0.1) is 12.6 Å². The van der Waals surface area contributed by atoms with Crippen LogP contribution in [0.2, 0.25) is 0 Å². The minimum absolute atomic E-state index is 0.138. The van der Waals surface area contributed by atoms with Gasteiger partial charge in [0.25, 0.3) is 0 Å². The molecule has 14 heavy (non-hydrogen) atoms. The lowest BCUT2D eigenvalue weighted by atomic mass is 9.88. The smallest absolute Gasteiger partial charge is 0.0626 e. The van der Waals surface area contributed by atoms with Crippen LogP contribution in [0.1, 0.15) is 28.3 Å². The van der Waals surface area contributed by atoms with Crippen LogP contribution in [0, 0.1) is 13.8 Å². The van der Waals surface area contributed by atoms with Crippen LogP contribution in [0.25, 0.3) is 0 Å². The van der Waals surface area contributed by atoms with E-state index in [4.69, 9.17) is 0 Å². The summed E-state index contributed by atoms with van der Waals surface area (Å²) >= 11 is 0. The first-order valence-corrected chi connectivity index (χ1v) is 5.17. The Morgan fingerprint density at radius 3 is 2.79 bits per heavy atom. The SMILES string of the molecule is Cc1ccc(C)c2c1CCNC2CO. The van der Waals surface area contributed by atoms with Crippen LogP contribution in [0.15, 0.2) is 12.1 Å². The molecule has 0 radical (unpaired) electrons. The molecular formula is C12H17NO. The molecule has 1 aromatic rings. The maximum Gasteiger partial charge on any atom is 0.0626 e. The van der Waals surface area contributed by atoms with E-state index in [1.807, 2.05) is 0 Å². The van der Waals surface area contributed by atoms with Gasteiger partial charge < -0.3 is 10.4 Å². The van der Waals surface area contributed by atoms with Gasteiger partial charge in [0.1, 0.15) is 0 Å². The second kappa shape index (κ2) is 3.71. The first-order chi connectivity index (χ1) is 6.74. The van der Waals surface area contributed by atoms with E-state index in [1.54, 1.807) is 0 Å². The lowest BCUT2D eigenvalue weighted by Crippen LogP contribution is -2.33. The van der Waals surface area contributed by atoms with Crippen LogP contribution in [0.3, 0.4) is 0 Å². The number of rotatable bonds is 1. The highest BCUT2D eigenvalue weighted by atomic mass is 16.3. The van der Waals surface area contributed by atoms with Gasteiger partial charge in [0, 0.05) is 0 Å². The van der Waals surface area contributed by atoms with Crippen molar-refractivity contribution in [3.63, 3.8) is 0 Å². The summed E-state index contributed by atoms with van der Waals surface area (Å²) in [5.41, 5.74) is 5.39. The van der Waals surface area contributed by atoms with E-state index in [1.165, 1.54) is 22.3 Å². The van der Waals surface area contributed by atoms with Gasteiger partial charge >= 0.3 is 0 Å². The number of hydrogen-bond acceptors (Lipinski definition) is 2. The standard InChI is InChI=1S/C12H17NO/c1-8-3-4-9(2)12-10(8)5-6-13-11(12)7-14/h3-4,11,13-14H,5-7H2,1-2H3. The Bertz CT molecular complexity index is 346. The molecule has 0 amide bonds. The molecule has 0 saturated carbocycles. The normalized spacial score (nSPS) is 20.6. The fourth-order valence-corrected chi connectivity index (χ4v) is 2.34. The van der Waals surface area contributed by atoms with E-state index in [-0.39, 0.29) is 12.6 Å². The summed E-state index contributed by atoms with van der Waals surface area (Å²) in [5.74, 6) is 0. The molecule has 1 aromatic carbocycles. The zero-order chi connectivity index (χ0) is 10.1. The third kappa shape index (κ3) is 1.45. The molecule has 1 unspecified atom stereocenters. The summed E-state index contributed by atoms with van der Waals surface area (Å²) in [7, 11) is 0. The maximum atomic E-state index is 9.29. The van der Waals surface area contributed by atoms with Crippen LogP contribution in [-0.2, 0) is 6.42 Å². The van der Waals surface area contributed by atoms with Crippen molar-refractivity contribution in [2.75, 3.05) is 13.2 Å². The number of aryl methyl sites for hydroxylation is 2. The van der Waals surface area contributed by atoms with Crippen LogP contribution >= 0.6 is 0 Å². The van der Waals surface area contributed by atoms with E-state index in [9.17, 15) is 5.11 Å². The summed E-state index contributed by atoms with van der Waals surface area (Å²) in [5, 5.41) is 12.6. The first kappa shape index (κ1) is 9.69. The Labute approximate surface area is 85.0 Å². The average molecular weight is 191 g/mol. The minimum atomic E-state index is 0.138. The largest absolute Gasteiger partial charge is 0.394 e. The summed E-state index contributed by atoms with van der Waals surface area (Å²) in [6.45, 7) is 5.44. The van der Waals surface area contributed by atoms with Gasteiger partial charge in [0.2, 0.25) is 0 Å². The predicted octanol–water partition coefficient (Wildman–Crippen LogP) is 1.48. The van der Waals surface area contributed by atoms with E-state index in [0.717, 1.165) is 13.0 Å². The summed E-state index contributed by atoms with van der Waals surface area (Å²) in [6, 6.07) is 4.45. The molecule has 1 aliphatic heterocycles. The van der Waals surface area contributed by atoms with E-state index < -0.39 is 0 Å². The molecule has 0 fully saturated rings. The van der Waals surface area contributed by atoms with Crippen molar-refractivity contribution < 1.29 is 5.11 Å². The molecule has 76 valence electrons. The summed E-state index contributed by atoms with van der Waals surface area (Å²) in [4.78, 5) is 0. The molecule has 2 heteroatoms. The second-order valence-corrected chi connectivity index (χ2v) is 4.03. The fourth-order valence-electron chi connectivity index (χ4n) is 2.34. The van der Waals surface area contributed by atoms with Gasteiger partial charge in [-0.15, -0.1) is 0 Å². The number of aliphatic hydroxyl groups excluding tert-OH is 1. The zero-order valence-electron chi connectivity index (χ0n) is 8.80. The van der Waals surface area contributed by atoms with E-state index in [0.29, 0.717) is 0 Å². The monoisotopic (exact) mass is 191 g/mol. The number of aliphatic hydroxyl groups is 1. The van der Waals surface area contributed by atoms with Gasteiger partial charge in [-0.05, 0) is 49.1 Å². The molecule has 1 aliphatic rings.